The number of H-pyrrole nitrogens is 1. The van der Waals surface area contributed by atoms with Gasteiger partial charge in [0.05, 0.1) is 11.6 Å². The summed E-state index contributed by atoms with van der Waals surface area (Å²) >= 11 is 0. The molecule has 0 aliphatic carbocycles. The summed E-state index contributed by atoms with van der Waals surface area (Å²) in [4.78, 5) is 10.8. The Labute approximate surface area is 111 Å². The molecule has 0 saturated carbocycles. The van der Waals surface area contributed by atoms with Crippen LogP contribution in [0.4, 0.5) is 5.82 Å². The summed E-state index contributed by atoms with van der Waals surface area (Å²) in [6.45, 7) is 3.59. The fourth-order valence-corrected chi connectivity index (χ4v) is 2.60. The summed E-state index contributed by atoms with van der Waals surface area (Å²) in [5, 5.41) is 20.3. The first-order valence-corrected chi connectivity index (χ1v) is 6.57. The van der Waals surface area contributed by atoms with Gasteiger partial charge in [-0.1, -0.05) is 0 Å². The Bertz CT molecular complexity index is 551. The highest BCUT2D eigenvalue weighted by atomic mass is 16.2. The van der Waals surface area contributed by atoms with Crippen molar-refractivity contribution in [2.75, 3.05) is 18.0 Å². The molecule has 0 bridgehead atoms. The zero-order chi connectivity index (χ0) is 13.2. The van der Waals surface area contributed by atoms with Gasteiger partial charge in [-0.05, 0) is 19.7 Å². The topological polar surface area (TPSA) is 90.0 Å². The SMILES string of the molecule is CB(O)NC1CCN(c2ncnc3[nH]ncc23)CC1. The molecule has 7 nitrogen and oxygen atoms in total. The van der Waals surface area contributed by atoms with E-state index in [1.807, 2.05) is 0 Å². The molecule has 8 heteroatoms. The molecule has 1 aliphatic rings. The van der Waals surface area contributed by atoms with Crippen molar-refractivity contribution in [1.82, 2.24) is 25.4 Å². The highest BCUT2D eigenvalue weighted by Gasteiger charge is 2.23. The average molecular weight is 260 g/mol. The minimum atomic E-state index is -0.448. The van der Waals surface area contributed by atoms with Gasteiger partial charge >= 0.3 is 7.05 Å². The van der Waals surface area contributed by atoms with Crippen molar-refractivity contribution in [3.63, 3.8) is 0 Å². The number of nitrogens with one attached hydrogen (secondary N) is 2. The number of nitrogens with zero attached hydrogens (tertiary/aromatic N) is 4. The predicted octanol–water partition coefficient (Wildman–Crippen LogP) is 0.0216. The maximum absolute atomic E-state index is 9.34. The fourth-order valence-electron chi connectivity index (χ4n) is 2.60. The highest BCUT2D eigenvalue weighted by molar-refractivity contribution is 6.45. The van der Waals surface area contributed by atoms with E-state index in [2.05, 4.69) is 30.3 Å². The first-order valence-electron chi connectivity index (χ1n) is 6.57. The number of aromatic amines is 1. The lowest BCUT2D eigenvalue weighted by Crippen LogP contribution is -2.47. The molecule has 0 spiro atoms. The van der Waals surface area contributed by atoms with E-state index in [0.717, 1.165) is 42.8 Å². The van der Waals surface area contributed by atoms with Crippen molar-refractivity contribution in [2.24, 2.45) is 0 Å². The van der Waals surface area contributed by atoms with Gasteiger partial charge in [0.2, 0.25) is 0 Å². The fraction of sp³-hybridized carbons (Fsp3) is 0.545. The largest absolute Gasteiger partial charge is 0.437 e. The number of aromatic nitrogens is 4. The Morgan fingerprint density at radius 2 is 2.21 bits per heavy atom. The average Bonchev–Trinajstić information content (AvgIpc) is 2.87. The summed E-state index contributed by atoms with van der Waals surface area (Å²) in [5.41, 5.74) is 0.772. The highest BCUT2D eigenvalue weighted by Crippen LogP contribution is 2.24. The molecule has 1 saturated heterocycles. The molecule has 0 unspecified atom stereocenters. The first kappa shape index (κ1) is 12.4. The normalized spacial score (nSPS) is 17.1. The molecule has 3 heterocycles. The van der Waals surface area contributed by atoms with E-state index >= 15 is 0 Å². The molecular formula is C11H17BN6O. The van der Waals surface area contributed by atoms with E-state index in [9.17, 15) is 5.02 Å². The molecule has 0 radical (unpaired) electrons. The lowest BCUT2D eigenvalue weighted by Gasteiger charge is -2.33. The van der Waals surface area contributed by atoms with Crippen LogP contribution < -0.4 is 10.1 Å². The van der Waals surface area contributed by atoms with Crippen molar-refractivity contribution in [2.45, 2.75) is 25.7 Å². The van der Waals surface area contributed by atoms with Crippen LogP contribution in [-0.4, -0.2) is 51.4 Å². The van der Waals surface area contributed by atoms with E-state index in [-0.39, 0.29) is 0 Å². The van der Waals surface area contributed by atoms with E-state index in [1.165, 1.54) is 0 Å². The molecule has 2 aromatic heterocycles. The third-order valence-corrected chi connectivity index (χ3v) is 3.50. The number of anilines is 1. The van der Waals surface area contributed by atoms with Gasteiger partial charge in [-0.25, -0.2) is 9.97 Å². The Balaban J connectivity index is 1.73. The predicted molar refractivity (Wildman–Crippen MR) is 73.9 cm³/mol. The Hall–Kier alpha value is -1.67. The van der Waals surface area contributed by atoms with Crippen molar-refractivity contribution in [3.8, 4) is 0 Å². The van der Waals surface area contributed by atoms with Gasteiger partial charge in [0.15, 0.2) is 5.65 Å². The second kappa shape index (κ2) is 5.14. The Morgan fingerprint density at radius 3 is 2.95 bits per heavy atom. The van der Waals surface area contributed by atoms with Gasteiger partial charge in [-0.3, -0.25) is 5.10 Å². The van der Waals surface area contributed by atoms with Crippen LogP contribution >= 0.6 is 0 Å². The van der Waals surface area contributed by atoms with Gasteiger partial charge in [0.1, 0.15) is 12.1 Å². The Morgan fingerprint density at radius 1 is 1.42 bits per heavy atom. The summed E-state index contributed by atoms with van der Waals surface area (Å²) in [7, 11) is -0.448. The summed E-state index contributed by atoms with van der Waals surface area (Å²) in [5.74, 6) is 0.939. The minimum Gasteiger partial charge on any atom is -0.437 e. The maximum atomic E-state index is 9.34. The molecule has 3 N–H and O–H groups in total. The van der Waals surface area contributed by atoms with Crippen LogP contribution in [0.15, 0.2) is 12.5 Å². The molecule has 0 aromatic carbocycles. The lowest BCUT2D eigenvalue weighted by atomic mass is 9.85. The van der Waals surface area contributed by atoms with Crippen LogP contribution in [0.2, 0.25) is 6.82 Å². The first-order chi connectivity index (χ1) is 9.24. The second-order valence-electron chi connectivity index (χ2n) is 4.93. The molecule has 0 atom stereocenters. The quantitative estimate of drug-likeness (QED) is 0.674. The van der Waals surface area contributed by atoms with Gasteiger partial charge in [0.25, 0.3) is 0 Å². The van der Waals surface area contributed by atoms with E-state index in [4.69, 9.17) is 0 Å². The number of hydrogen-bond acceptors (Lipinski definition) is 6. The minimum absolute atomic E-state index is 0.373. The monoisotopic (exact) mass is 260 g/mol. The number of rotatable bonds is 3. The van der Waals surface area contributed by atoms with E-state index < -0.39 is 7.05 Å². The molecule has 1 fully saturated rings. The molecule has 3 rings (SSSR count). The molecule has 0 amide bonds. The standard InChI is InChI=1S/C11H17BN6O/c1-12(19)16-8-2-4-18(5-3-8)11-9-6-15-17-10(9)13-7-14-11/h6-8,16,19H,2-5H2,1H3,(H,13,14,15,17). The van der Waals surface area contributed by atoms with Crippen LogP contribution in [0.5, 0.6) is 0 Å². The second-order valence-corrected chi connectivity index (χ2v) is 4.93. The smallest absolute Gasteiger partial charge is 0.373 e. The molecule has 1 aliphatic heterocycles. The summed E-state index contributed by atoms with van der Waals surface area (Å²) < 4.78 is 0. The lowest BCUT2D eigenvalue weighted by molar-refractivity contribution is 0.440. The molecule has 100 valence electrons. The zero-order valence-electron chi connectivity index (χ0n) is 10.9. The van der Waals surface area contributed by atoms with Gasteiger partial charge in [0, 0.05) is 19.1 Å². The number of piperidine rings is 1. The Kier molecular flexibility index (Phi) is 3.35. The van der Waals surface area contributed by atoms with Crippen LogP contribution in [-0.2, 0) is 0 Å². The van der Waals surface area contributed by atoms with Gasteiger partial charge < -0.3 is 15.2 Å². The van der Waals surface area contributed by atoms with Crippen LogP contribution in [0.25, 0.3) is 11.0 Å². The van der Waals surface area contributed by atoms with Gasteiger partial charge in [-0.15, -0.1) is 0 Å². The summed E-state index contributed by atoms with van der Waals surface area (Å²) in [6, 6.07) is 0.373. The van der Waals surface area contributed by atoms with E-state index in [1.54, 1.807) is 19.3 Å². The number of hydrogen-bond donors (Lipinski definition) is 3. The van der Waals surface area contributed by atoms with Crippen molar-refractivity contribution in [3.05, 3.63) is 12.5 Å². The van der Waals surface area contributed by atoms with Crippen LogP contribution in [0.1, 0.15) is 12.8 Å². The third-order valence-electron chi connectivity index (χ3n) is 3.50. The number of fused-ring (bicyclic) bond motifs is 1. The maximum Gasteiger partial charge on any atom is 0.373 e. The van der Waals surface area contributed by atoms with Crippen LogP contribution in [0.3, 0.4) is 0 Å². The van der Waals surface area contributed by atoms with Crippen molar-refractivity contribution < 1.29 is 5.02 Å². The van der Waals surface area contributed by atoms with E-state index in [0.29, 0.717) is 6.04 Å². The van der Waals surface area contributed by atoms with Gasteiger partial charge in [-0.2, -0.15) is 5.10 Å². The third kappa shape index (κ3) is 2.54. The molecule has 2 aromatic rings. The molecule has 19 heavy (non-hydrogen) atoms. The molecular weight excluding hydrogens is 243 g/mol. The van der Waals surface area contributed by atoms with Crippen molar-refractivity contribution >= 4 is 23.9 Å². The van der Waals surface area contributed by atoms with Crippen LogP contribution in [0, 0.1) is 0 Å². The van der Waals surface area contributed by atoms with Crippen molar-refractivity contribution in [1.29, 1.82) is 0 Å². The summed E-state index contributed by atoms with van der Waals surface area (Å²) in [6.07, 6.45) is 5.32. The zero-order valence-corrected chi connectivity index (χ0v) is 10.9.